The molecule has 60 valence electrons. The van der Waals surface area contributed by atoms with Gasteiger partial charge < -0.3 is 5.21 Å². The van der Waals surface area contributed by atoms with Gasteiger partial charge in [0.2, 0.25) is 10.7 Å². The van der Waals surface area contributed by atoms with E-state index in [0.717, 1.165) is 4.73 Å². The predicted octanol–water partition coefficient (Wildman–Crippen LogP) is 0.543. The van der Waals surface area contributed by atoms with Crippen molar-refractivity contribution in [3.8, 4) is 0 Å². The lowest BCUT2D eigenvalue weighted by atomic mass is 10.6. The zero-order valence-electron chi connectivity index (χ0n) is 6.24. The van der Waals surface area contributed by atoms with Crippen LogP contribution in [0, 0.1) is 6.92 Å². The lowest BCUT2D eigenvalue weighted by molar-refractivity contribution is -0.116. The van der Waals surface area contributed by atoms with Crippen molar-refractivity contribution in [2.45, 2.75) is 13.8 Å². The lowest BCUT2D eigenvalue weighted by Crippen LogP contribution is -2.14. The van der Waals surface area contributed by atoms with E-state index in [1.807, 2.05) is 0 Å². The molecule has 4 nitrogen and oxygen atoms in total. The van der Waals surface area contributed by atoms with Crippen LogP contribution in [0.3, 0.4) is 0 Å². The zero-order valence-corrected chi connectivity index (χ0v) is 7.05. The molecule has 0 unspecified atom stereocenters. The molecular formula is C6H8N2O2S. The second-order valence-corrected chi connectivity index (χ2v) is 2.94. The number of aryl methyl sites for hydroxylation is 1. The van der Waals surface area contributed by atoms with E-state index in [9.17, 15) is 4.79 Å². The Morgan fingerprint density at radius 2 is 2.45 bits per heavy atom. The smallest absolute Gasteiger partial charge is 0.245 e. The molecule has 0 saturated carbocycles. The molecule has 0 aliphatic rings. The maximum absolute atomic E-state index is 10.5. The molecule has 1 N–H and O–H groups in total. The van der Waals surface area contributed by atoms with Crippen molar-refractivity contribution in [1.82, 2.24) is 4.73 Å². The highest BCUT2D eigenvalue weighted by Gasteiger charge is 1.97. The highest BCUT2D eigenvalue weighted by Crippen LogP contribution is 1.95. The van der Waals surface area contributed by atoms with Crippen LogP contribution in [0.15, 0.2) is 10.4 Å². The van der Waals surface area contributed by atoms with Crippen molar-refractivity contribution in [2.24, 2.45) is 4.99 Å². The van der Waals surface area contributed by atoms with E-state index in [0.29, 0.717) is 10.5 Å². The van der Waals surface area contributed by atoms with Gasteiger partial charge in [-0.25, -0.2) is 0 Å². The number of hydrogen-bond donors (Lipinski definition) is 1. The molecule has 0 saturated heterocycles. The molecule has 0 aliphatic carbocycles. The summed E-state index contributed by atoms with van der Waals surface area (Å²) >= 11 is 1.23. The first kappa shape index (κ1) is 8.00. The van der Waals surface area contributed by atoms with Crippen LogP contribution in [-0.2, 0) is 4.79 Å². The summed E-state index contributed by atoms with van der Waals surface area (Å²) in [5.74, 6) is -0.311. The predicted molar refractivity (Wildman–Crippen MR) is 40.5 cm³/mol. The maximum atomic E-state index is 10.5. The van der Waals surface area contributed by atoms with Gasteiger partial charge in [-0.05, 0) is 6.92 Å². The van der Waals surface area contributed by atoms with Crippen LogP contribution in [0.1, 0.15) is 12.6 Å². The van der Waals surface area contributed by atoms with Crippen molar-refractivity contribution < 1.29 is 10.0 Å². The summed E-state index contributed by atoms with van der Waals surface area (Å²) in [5, 5.41) is 10.9. The molecule has 1 amide bonds. The van der Waals surface area contributed by atoms with Gasteiger partial charge in [0.05, 0.1) is 5.69 Å². The summed E-state index contributed by atoms with van der Waals surface area (Å²) in [4.78, 5) is 14.4. The highest BCUT2D eigenvalue weighted by atomic mass is 32.1. The van der Waals surface area contributed by atoms with Gasteiger partial charge >= 0.3 is 0 Å². The second kappa shape index (κ2) is 2.87. The van der Waals surface area contributed by atoms with Gasteiger partial charge in [-0.1, -0.05) is 0 Å². The first-order valence-corrected chi connectivity index (χ1v) is 3.91. The van der Waals surface area contributed by atoms with Gasteiger partial charge in [-0.15, -0.1) is 11.3 Å². The van der Waals surface area contributed by atoms with Crippen LogP contribution in [0.2, 0.25) is 0 Å². The van der Waals surface area contributed by atoms with E-state index in [1.165, 1.54) is 18.3 Å². The third-order valence-electron chi connectivity index (χ3n) is 1.10. The number of carbonyl (C=O) groups is 1. The van der Waals surface area contributed by atoms with E-state index in [4.69, 9.17) is 5.21 Å². The Kier molecular flexibility index (Phi) is 2.09. The number of thiazole rings is 1. The molecule has 1 rings (SSSR count). The fourth-order valence-corrected chi connectivity index (χ4v) is 1.40. The number of nitrogens with zero attached hydrogens (tertiary/aromatic N) is 2. The monoisotopic (exact) mass is 172 g/mol. The van der Waals surface area contributed by atoms with E-state index in [1.54, 1.807) is 12.3 Å². The number of amides is 1. The van der Waals surface area contributed by atoms with Crippen LogP contribution < -0.4 is 4.80 Å². The summed E-state index contributed by atoms with van der Waals surface area (Å²) in [7, 11) is 0. The van der Waals surface area contributed by atoms with Gasteiger partial charge in [-0.3, -0.25) is 4.79 Å². The number of hydrogen-bond acceptors (Lipinski definition) is 3. The standard InChI is InChI=1S/C6H8N2O2S/c1-4-3-11-6(8(4)10)7-5(2)9/h3,10H,1-2H3. The van der Waals surface area contributed by atoms with E-state index < -0.39 is 0 Å². The first-order chi connectivity index (χ1) is 5.11. The molecule has 0 bridgehead atoms. The Morgan fingerprint density at radius 3 is 2.82 bits per heavy atom. The van der Waals surface area contributed by atoms with E-state index >= 15 is 0 Å². The molecule has 0 aliphatic heterocycles. The van der Waals surface area contributed by atoms with Crippen molar-refractivity contribution in [3.05, 3.63) is 15.9 Å². The van der Waals surface area contributed by atoms with Crippen LogP contribution in [-0.4, -0.2) is 15.8 Å². The quantitative estimate of drug-likeness (QED) is 0.581. The van der Waals surface area contributed by atoms with Crippen molar-refractivity contribution >= 4 is 17.2 Å². The summed E-state index contributed by atoms with van der Waals surface area (Å²) in [5.41, 5.74) is 0.676. The molecule has 0 aromatic carbocycles. The van der Waals surface area contributed by atoms with Crippen LogP contribution in [0.25, 0.3) is 0 Å². The Bertz CT molecular complexity index is 337. The third kappa shape index (κ3) is 1.68. The van der Waals surface area contributed by atoms with Crippen LogP contribution >= 0.6 is 11.3 Å². The molecule has 0 radical (unpaired) electrons. The minimum Gasteiger partial charge on any atom is -0.426 e. The third-order valence-corrected chi connectivity index (χ3v) is 2.04. The van der Waals surface area contributed by atoms with Crippen LogP contribution in [0.4, 0.5) is 0 Å². The Labute approximate surface area is 67.4 Å². The maximum Gasteiger partial charge on any atom is 0.245 e. The molecule has 5 heteroatoms. The SMILES string of the molecule is CC(=O)N=c1scc(C)n1O. The summed E-state index contributed by atoms with van der Waals surface area (Å²) in [6.07, 6.45) is 0. The fraction of sp³-hybridized carbons (Fsp3) is 0.333. The van der Waals surface area contributed by atoms with Gasteiger partial charge in [-0.2, -0.15) is 9.72 Å². The Hall–Kier alpha value is -1.10. The summed E-state index contributed by atoms with van der Waals surface area (Å²) in [6.45, 7) is 3.07. The molecule has 0 fully saturated rings. The minimum atomic E-state index is -0.311. The molecule has 0 spiro atoms. The summed E-state index contributed by atoms with van der Waals surface area (Å²) in [6, 6.07) is 0. The first-order valence-electron chi connectivity index (χ1n) is 3.03. The largest absolute Gasteiger partial charge is 0.426 e. The molecule has 11 heavy (non-hydrogen) atoms. The normalized spacial score (nSPS) is 12.0. The van der Waals surface area contributed by atoms with E-state index in [-0.39, 0.29) is 5.91 Å². The topological polar surface area (TPSA) is 54.6 Å². The highest BCUT2D eigenvalue weighted by molar-refractivity contribution is 7.07. The van der Waals surface area contributed by atoms with Crippen molar-refractivity contribution in [1.29, 1.82) is 0 Å². The lowest BCUT2D eigenvalue weighted by Gasteiger charge is -1.90. The van der Waals surface area contributed by atoms with Gasteiger partial charge in [0.15, 0.2) is 0 Å². The molecule has 0 atom stereocenters. The molecule has 1 aromatic rings. The average Bonchev–Trinajstić information content (AvgIpc) is 2.18. The number of rotatable bonds is 0. The van der Waals surface area contributed by atoms with Gasteiger partial charge in [0, 0.05) is 12.3 Å². The number of carbonyl (C=O) groups excluding carboxylic acids is 1. The van der Waals surface area contributed by atoms with Crippen molar-refractivity contribution in [2.75, 3.05) is 0 Å². The average molecular weight is 172 g/mol. The van der Waals surface area contributed by atoms with Crippen molar-refractivity contribution in [3.63, 3.8) is 0 Å². The zero-order chi connectivity index (χ0) is 8.43. The Morgan fingerprint density at radius 1 is 1.82 bits per heavy atom. The van der Waals surface area contributed by atoms with Gasteiger partial charge in [0.25, 0.3) is 0 Å². The molecular weight excluding hydrogens is 164 g/mol. The van der Waals surface area contributed by atoms with E-state index in [2.05, 4.69) is 4.99 Å². The summed E-state index contributed by atoms with van der Waals surface area (Å²) < 4.78 is 0.895. The van der Waals surface area contributed by atoms with Gasteiger partial charge in [0.1, 0.15) is 0 Å². The molecule has 1 aromatic heterocycles. The fourth-order valence-electron chi connectivity index (χ4n) is 0.597. The number of aromatic nitrogens is 1. The Balaban J connectivity index is 3.25. The van der Waals surface area contributed by atoms with Crippen LogP contribution in [0.5, 0.6) is 0 Å². The second-order valence-electron chi connectivity index (χ2n) is 2.10. The molecule has 1 heterocycles. The minimum absolute atomic E-state index is 0.311.